The third-order valence-electron chi connectivity index (χ3n) is 3.16. The van der Waals surface area contributed by atoms with Crippen LogP contribution in [-0.2, 0) is 4.79 Å². The van der Waals surface area contributed by atoms with E-state index in [1.54, 1.807) is 6.08 Å². The lowest BCUT2D eigenvalue weighted by molar-refractivity contribution is -0.131. The lowest BCUT2D eigenvalue weighted by Crippen LogP contribution is -1.98. The number of benzene rings is 1. The van der Waals surface area contributed by atoms with E-state index >= 15 is 0 Å². The summed E-state index contributed by atoms with van der Waals surface area (Å²) in [6, 6.07) is 11.5. The molecule has 1 N–H and O–H groups in total. The number of carboxylic acids is 1. The maximum atomic E-state index is 10.6. The first-order chi connectivity index (χ1) is 10.6. The van der Waals surface area contributed by atoms with Gasteiger partial charge >= 0.3 is 5.97 Å². The van der Waals surface area contributed by atoms with Gasteiger partial charge in [-0.05, 0) is 43.2 Å². The first-order valence-corrected chi connectivity index (χ1v) is 7.22. The van der Waals surface area contributed by atoms with Crippen molar-refractivity contribution in [1.82, 2.24) is 4.98 Å². The average Bonchev–Trinajstić information content (AvgIpc) is 2.52. The van der Waals surface area contributed by atoms with Gasteiger partial charge in [0.15, 0.2) is 0 Å². The molecule has 22 heavy (non-hydrogen) atoms. The van der Waals surface area contributed by atoms with Crippen molar-refractivity contribution in [2.75, 3.05) is 6.61 Å². The van der Waals surface area contributed by atoms with Crippen molar-refractivity contribution in [2.24, 2.45) is 0 Å². The zero-order valence-corrected chi connectivity index (χ0v) is 12.7. The second kappa shape index (κ2) is 7.41. The molecule has 1 aromatic heterocycles. The smallest absolute Gasteiger partial charge is 0.328 e. The summed E-state index contributed by atoms with van der Waals surface area (Å²) in [5.74, 6) is -0.160. The molecule has 2 rings (SSSR count). The van der Waals surface area contributed by atoms with E-state index in [-0.39, 0.29) is 0 Å². The maximum absolute atomic E-state index is 10.6. The molecule has 0 bridgehead atoms. The van der Waals surface area contributed by atoms with E-state index < -0.39 is 5.97 Å². The zero-order chi connectivity index (χ0) is 15.9. The van der Waals surface area contributed by atoms with Gasteiger partial charge in [0.1, 0.15) is 5.75 Å². The lowest BCUT2D eigenvalue weighted by Gasteiger charge is -2.11. The molecule has 2 aromatic rings. The second-order valence-corrected chi connectivity index (χ2v) is 4.89. The molecule has 114 valence electrons. The Hall–Kier alpha value is -2.62. The van der Waals surface area contributed by atoms with Gasteiger partial charge in [-0.2, -0.15) is 0 Å². The number of rotatable bonds is 6. The van der Waals surface area contributed by atoms with Crippen LogP contribution < -0.4 is 4.74 Å². The molecule has 0 spiro atoms. The number of pyridine rings is 1. The summed E-state index contributed by atoms with van der Waals surface area (Å²) >= 11 is 0. The Kier molecular flexibility index (Phi) is 5.31. The average molecular weight is 297 g/mol. The van der Waals surface area contributed by atoms with Crippen LogP contribution in [0.2, 0.25) is 0 Å². The van der Waals surface area contributed by atoms with Crippen LogP contribution in [0.4, 0.5) is 0 Å². The molecule has 0 saturated carbocycles. The van der Waals surface area contributed by atoms with E-state index in [2.05, 4.69) is 11.9 Å². The Morgan fingerprint density at radius 3 is 2.73 bits per heavy atom. The number of aliphatic carboxylic acids is 1. The molecule has 4 nitrogen and oxygen atoms in total. The van der Waals surface area contributed by atoms with Gasteiger partial charge in [-0.15, -0.1) is 0 Å². The van der Waals surface area contributed by atoms with Crippen molar-refractivity contribution in [3.05, 3.63) is 53.7 Å². The fourth-order valence-electron chi connectivity index (χ4n) is 2.08. The number of hydrogen-bond donors (Lipinski definition) is 1. The van der Waals surface area contributed by atoms with E-state index in [1.165, 1.54) is 0 Å². The molecule has 0 aliphatic rings. The summed E-state index contributed by atoms with van der Waals surface area (Å²) < 4.78 is 5.76. The Balaban J connectivity index is 2.34. The number of aromatic nitrogens is 1. The van der Waals surface area contributed by atoms with Gasteiger partial charge in [-0.3, -0.25) is 4.98 Å². The minimum Gasteiger partial charge on any atom is -0.493 e. The number of nitrogens with zero attached hydrogens (tertiary/aromatic N) is 1. The van der Waals surface area contributed by atoms with Gasteiger partial charge in [0.2, 0.25) is 0 Å². The lowest BCUT2D eigenvalue weighted by atomic mass is 10.1. The fraction of sp³-hybridized carbons (Fsp3) is 0.222. The SMILES string of the molecule is CCCOc1ccccc1-c1ccc(/C=C/C(=O)O)c(C)n1. The molecular weight excluding hydrogens is 278 g/mol. The molecule has 0 unspecified atom stereocenters. The summed E-state index contributed by atoms with van der Waals surface area (Å²) in [7, 11) is 0. The predicted octanol–water partition coefficient (Wildman–Crippen LogP) is 3.94. The van der Waals surface area contributed by atoms with E-state index in [1.807, 2.05) is 43.3 Å². The van der Waals surface area contributed by atoms with Crippen LogP contribution in [-0.4, -0.2) is 22.7 Å². The minimum atomic E-state index is -0.971. The van der Waals surface area contributed by atoms with E-state index in [0.29, 0.717) is 6.61 Å². The topological polar surface area (TPSA) is 59.4 Å². The highest BCUT2D eigenvalue weighted by Gasteiger charge is 2.08. The molecule has 1 aromatic carbocycles. The van der Waals surface area contributed by atoms with Crippen molar-refractivity contribution < 1.29 is 14.6 Å². The number of aryl methyl sites for hydroxylation is 1. The van der Waals surface area contributed by atoms with Crippen molar-refractivity contribution >= 4 is 12.0 Å². The molecule has 4 heteroatoms. The molecule has 0 saturated heterocycles. The number of carbonyl (C=O) groups is 1. The second-order valence-electron chi connectivity index (χ2n) is 4.89. The van der Waals surface area contributed by atoms with Gasteiger partial charge in [-0.25, -0.2) is 4.79 Å². The normalized spacial score (nSPS) is 10.8. The predicted molar refractivity (Wildman–Crippen MR) is 86.9 cm³/mol. The zero-order valence-electron chi connectivity index (χ0n) is 12.7. The molecule has 0 fully saturated rings. The van der Waals surface area contributed by atoms with Crippen molar-refractivity contribution in [3.8, 4) is 17.0 Å². The van der Waals surface area contributed by atoms with Crippen molar-refractivity contribution in [2.45, 2.75) is 20.3 Å². The van der Waals surface area contributed by atoms with Gasteiger partial charge < -0.3 is 9.84 Å². The molecule has 0 aliphatic heterocycles. The Morgan fingerprint density at radius 1 is 1.27 bits per heavy atom. The Labute approximate surface area is 130 Å². The number of ether oxygens (including phenoxy) is 1. The van der Waals surface area contributed by atoms with Crippen LogP contribution in [0.5, 0.6) is 5.75 Å². The molecule has 0 atom stereocenters. The van der Waals surface area contributed by atoms with Crippen LogP contribution in [0.3, 0.4) is 0 Å². The van der Waals surface area contributed by atoms with E-state index in [9.17, 15) is 4.79 Å². The Bertz CT molecular complexity index is 692. The highest BCUT2D eigenvalue weighted by molar-refractivity contribution is 5.85. The third kappa shape index (κ3) is 3.95. The number of para-hydroxylation sites is 1. The molecule has 0 aliphatic carbocycles. The Morgan fingerprint density at radius 2 is 2.05 bits per heavy atom. The van der Waals surface area contributed by atoms with E-state index in [4.69, 9.17) is 9.84 Å². The summed E-state index contributed by atoms with van der Waals surface area (Å²) in [6.45, 7) is 4.59. The highest BCUT2D eigenvalue weighted by atomic mass is 16.5. The van der Waals surface area contributed by atoms with Crippen LogP contribution in [0.25, 0.3) is 17.3 Å². The molecule has 0 radical (unpaired) electrons. The third-order valence-corrected chi connectivity index (χ3v) is 3.16. The molecule has 0 amide bonds. The monoisotopic (exact) mass is 297 g/mol. The molecular formula is C18H19NO3. The van der Waals surface area contributed by atoms with Crippen molar-refractivity contribution in [1.29, 1.82) is 0 Å². The van der Waals surface area contributed by atoms with Crippen LogP contribution in [0.15, 0.2) is 42.5 Å². The van der Waals surface area contributed by atoms with Gasteiger partial charge in [0, 0.05) is 17.3 Å². The maximum Gasteiger partial charge on any atom is 0.328 e. The summed E-state index contributed by atoms with van der Waals surface area (Å²) in [6.07, 6.45) is 3.61. The van der Waals surface area contributed by atoms with E-state index in [0.717, 1.165) is 40.8 Å². The molecule has 1 heterocycles. The summed E-state index contributed by atoms with van der Waals surface area (Å²) in [4.78, 5) is 15.2. The minimum absolute atomic E-state index is 0.662. The fourth-order valence-corrected chi connectivity index (χ4v) is 2.08. The summed E-state index contributed by atoms with van der Waals surface area (Å²) in [5.41, 5.74) is 3.32. The van der Waals surface area contributed by atoms with Gasteiger partial charge in [-0.1, -0.05) is 25.1 Å². The van der Waals surface area contributed by atoms with Gasteiger partial charge in [0.25, 0.3) is 0 Å². The van der Waals surface area contributed by atoms with Gasteiger partial charge in [0.05, 0.1) is 12.3 Å². The van der Waals surface area contributed by atoms with Crippen molar-refractivity contribution in [3.63, 3.8) is 0 Å². The standard InChI is InChI=1S/C18H19NO3/c1-3-12-22-17-7-5-4-6-15(17)16-10-8-14(13(2)19-16)9-11-18(20)21/h4-11H,3,12H2,1-2H3,(H,20,21)/b11-9+. The van der Waals surface area contributed by atoms with Crippen LogP contribution in [0, 0.1) is 6.92 Å². The number of hydrogen-bond acceptors (Lipinski definition) is 3. The highest BCUT2D eigenvalue weighted by Crippen LogP contribution is 2.29. The number of carboxylic acid groups (broad SMARTS) is 1. The van der Waals surface area contributed by atoms with Crippen LogP contribution >= 0.6 is 0 Å². The van der Waals surface area contributed by atoms with Crippen LogP contribution in [0.1, 0.15) is 24.6 Å². The quantitative estimate of drug-likeness (QED) is 0.820. The summed E-state index contributed by atoms with van der Waals surface area (Å²) in [5, 5.41) is 8.69. The first-order valence-electron chi connectivity index (χ1n) is 7.22. The first kappa shape index (κ1) is 15.8. The largest absolute Gasteiger partial charge is 0.493 e.